The van der Waals surface area contributed by atoms with Gasteiger partial charge in [0.25, 0.3) is 0 Å². The Bertz CT molecular complexity index is 556. The van der Waals surface area contributed by atoms with Gasteiger partial charge in [0.1, 0.15) is 0 Å². The fourth-order valence-corrected chi connectivity index (χ4v) is 1.95. The van der Waals surface area contributed by atoms with Gasteiger partial charge >= 0.3 is 5.97 Å². The Balaban J connectivity index is 2.11. The number of aliphatic carboxylic acids is 1. The molecule has 2 rings (SSSR count). The summed E-state index contributed by atoms with van der Waals surface area (Å²) >= 11 is 0. The molecule has 0 aliphatic carbocycles. The SMILES string of the molecule is Cc1cc(C)n(Cc2ccc(CC(=O)O)cc2)n1. The maximum absolute atomic E-state index is 10.6. The molecule has 4 heteroatoms. The Morgan fingerprint density at radius 2 is 1.83 bits per heavy atom. The Morgan fingerprint density at radius 1 is 1.22 bits per heavy atom. The quantitative estimate of drug-likeness (QED) is 0.896. The molecule has 0 fully saturated rings. The largest absolute Gasteiger partial charge is 0.481 e. The van der Waals surface area contributed by atoms with E-state index in [0.29, 0.717) is 6.54 Å². The van der Waals surface area contributed by atoms with Crippen LogP contribution < -0.4 is 0 Å². The zero-order valence-electron chi connectivity index (χ0n) is 10.6. The van der Waals surface area contributed by atoms with Crippen LogP contribution in [0.4, 0.5) is 0 Å². The second-order valence-electron chi connectivity index (χ2n) is 4.47. The Morgan fingerprint density at radius 3 is 2.33 bits per heavy atom. The highest BCUT2D eigenvalue weighted by atomic mass is 16.4. The first-order chi connectivity index (χ1) is 8.54. The van der Waals surface area contributed by atoms with Crippen molar-refractivity contribution < 1.29 is 9.90 Å². The van der Waals surface area contributed by atoms with E-state index < -0.39 is 5.97 Å². The summed E-state index contributed by atoms with van der Waals surface area (Å²) in [5.74, 6) is -0.804. The molecule has 0 bridgehead atoms. The lowest BCUT2D eigenvalue weighted by Crippen LogP contribution is -2.04. The van der Waals surface area contributed by atoms with E-state index in [4.69, 9.17) is 5.11 Å². The minimum Gasteiger partial charge on any atom is -0.481 e. The molecular weight excluding hydrogens is 228 g/mol. The molecular formula is C14H16N2O2. The molecule has 94 valence electrons. The first kappa shape index (κ1) is 12.4. The molecule has 0 spiro atoms. The van der Waals surface area contributed by atoms with Crippen LogP contribution in [0, 0.1) is 13.8 Å². The lowest BCUT2D eigenvalue weighted by molar-refractivity contribution is -0.136. The van der Waals surface area contributed by atoms with E-state index in [9.17, 15) is 4.79 Å². The second kappa shape index (κ2) is 5.04. The molecule has 0 saturated heterocycles. The van der Waals surface area contributed by atoms with Gasteiger partial charge in [0.05, 0.1) is 18.7 Å². The lowest BCUT2D eigenvalue weighted by atomic mass is 10.1. The molecule has 0 amide bonds. The fourth-order valence-electron chi connectivity index (χ4n) is 1.95. The van der Waals surface area contributed by atoms with Gasteiger partial charge in [0.15, 0.2) is 0 Å². The lowest BCUT2D eigenvalue weighted by Gasteiger charge is -2.05. The maximum atomic E-state index is 10.6. The summed E-state index contributed by atoms with van der Waals surface area (Å²) in [6, 6.07) is 9.66. The highest BCUT2D eigenvalue weighted by Crippen LogP contribution is 2.09. The zero-order chi connectivity index (χ0) is 13.1. The number of carboxylic acid groups (broad SMARTS) is 1. The molecule has 0 aliphatic heterocycles. The second-order valence-corrected chi connectivity index (χ2v) is 4.47. The predicted octanol–water partition coefficient (Wildman–Crippen LogP) is 2.18. The van der Waals surface area contributed by atoms with Crippen molar-refractivity contribution in [3.8, 4) is 0 Å². The van der Waals surface area contributed by atoms with Gasteiger partial charge in [0, 0.05) is 5.69 Å². The van der Waals surface area contributed by atoms with Crippen molar-refractivity contribution in [3.05, 3.63) is 52.8 Å². The van der Waals surface area contributed by atoms with Crippen LogP contribution in [0.3, 0.4) is 0 Å². The first-order valence-electron chi connectivity index (χ1n) is 5.85. The van der Waals surface area contributed by atoms with Gasteiger partial charge in [0.2, 0.25) is 0 Å². The van der Waals surface area contributed by atoms with Crippen LogP contribution in [0.1, 0.15) is 22.5 Å². The van der Waals surface area contributed by atoms with Crippen molar-refractivity contribution in [2.75, 3.05) is 0 Å². The van der Waals surface area contributed by atoms with Crippen molar-refractivity contribution in [1.82, 2.24) is 9.78 Å². The molecule has 1 N–H and O–H groups in total. The van der Waals surface area contributed by atoms with Gasteiger partial charge in [-0.1, -0.05) is 24.3 Å². The van der Waals surface area contributed by atoms with Crippen LogP contribution in [0.15, 0.2) is 30.3 Å². The first-order valence-corrected chi connectivity index (χ1v) is 5.85. The molecule has 18 heavy (non-hydrogen) atoms. The average Bonchev–Trinajstić information content (AvgIpc) is 2.59. The molecule has 2 aromatic rings. The number of carboxylic acids is 1. The summed E-state index contributed by atoms with van der Waals surface area (Å²) in [4.78, 5) is 10.6. The smallest absolute Gasteiger partial charge is 0.307 e. The predicted molar refractivity (Wildman–Crippen MR) is 68.6 cm³/mol. The van der Waals surface area contributed by atoms with Crippen LogP contribution >= 0.6 is 0 Å². The summed E-state index contributed by atoms with van der Waals surface area (Å²) in [5, 5.41) is 13.1. The minimum atomic E-state index is -0.804. The number of hydrogen-bond acceptors (Lipinski definition) is 2. The Hall–Kier alpha value is -2.10. The number of benzene rings is 1. The summed E-state index contributed by atoms with van der Waals surface area (Å²) in [7, 11) is 0. The van der Waals surface area contributed by atoms with Gasteiger partial charge in [-0.25, -0.2) is 0 Å². The molecule has 0 unspecified atom stereocenters. The van der Waals surface area contributed by atoms with Gasteiger partial charge in [-0.3, -0.25) is 9.48 Å². The summed E-state index contributed by atoms with van der Waals surface area (Å²) in [6.45, 7) is 4.71. The van der Waals surface area contributed by atoms with E-state index in [1.165, 1.54) is 0 Å². The molecule has 1 aromatic carbocycles. The Kier molecular flexibility index (Phi) is 3.46. The minimum absolute atomic E-state index is 0.0696. The van der Waals surface area contributed by atoms with Crippen molar-refractivity contribution in [1.29, 1.82) is 0 Å². The summed E-state index contributed by atoms with van der Waals surface area (Å²) in [6.07, 6.45) is 0.0696. The van der Waals surface area contributed by atoms with Gasteiger partial charge in [-0.15, -0.1) is 0 Å². The number of rotatable bonds is 4. The summed E-state index contributed by atoms with van der Waals surface area (Å²) in [5.41, 5.74) is 4.08. The van der Waals surface area contributed by atoms with Crippen LogP contribution in [-0.4, -0.2) is 20.9 Å². The highest BCUT2D eigenvalue weighted by molar-refractivity contribution is 5.70. The number of carbonyl (C=O) groups is 1. The number of hydrogen-bond donors (Lipinski definition) is 1. The topological polar surface area (TPSA) is 55.1 Å². The molecule has 0 radical (unpaired) electrons. The molecule has 1 heterocycles. The molecule has 0 aliphatic rings. The van der Waals surface area contributed by atoms with E-state index in [-0.39, 0.29) is 6.42 Å². The van der Waals surface area contributed by atoms with Crippen molar-refractivity contribution in [2.45, 2.75) is 26.8 Å². The third-order valence-electron chi connectivity index (χ3n) is 2.81. The maximum Gasteiger partial charge on any atom is 0.307 e. The fraction of sp³-hybridized carbons (Fsp3) is 0.286. The van der Waals surface area contributed by atoms with Crippen molar-refractivity contribution in [2.24, 2.45) is 0 Å². The number of nitrogens with zero attached hydrogens (tertiary/aromatic N) is 2. The monoisotopic (exact) mass is 244 g/mol. The van der Waals surface area contributed by atoms with Crippen LogP contribution in [0.2, 0.25) is 0 Å². The summed E-state index contributed by atoms with van der Waals surface area (Å²) < 4.78 is 1.95. The van der Waals surface area contributed by atoms with E-state index in [1.54, 1.807) is 0 Å². The normalized spacial score (nSPS) is 10.6. The van der Waals surface area contributed by atoms with E-state index in [1.807, 2.05) is 48.9 Å². The molecule has 4 nitrogen and oxygen atoms in total. The van der Waals surface area contributed by atoms with Crippen LogP contribution in [0.25, 0.3) is 0 Å². The van der Waals surface area contributed by atoms with Gasteiger partial charge in [-0.05, 0) is 31.0 Å². The van der Waals surface area contributed by atoms with Gasteiger partial charge in [-0.2, -0.15) is 5.10 Å². The van der Waals surface area contributed by atoms with Crippen LogP contribution in [-0.2, 0) is 17.8 Å². The highest BCUT2D eigenvalue weighted by Gasteiger charge is 2.03. The standard InChI is InChI=1S/C14H16N2O2/c1-10-7-11(2)16(15-10)9-13-5-3-12(4-6-13)8-14(17)18/h3-7H,8-9H2,1-2H3,(H,17,18). The molecule has 1 aromatic heterocycles. The van der Waals surface area contributed by atoms with Crippen molar-refractivity contribution in [3.63, 3.8) is 0 Å². The Labute approximate surface area is 106 Å². The third-order valence-corrected chi connectivity index (χ3v) is 2.81. The molecule has 0 atom stereocenters. The average molecular weight is 244 g/mol. The molecule has 0 saturated carbocycles. The van der Waals surface area contributed by atoms with Crippen LogP contribution in [0.5, 0.6) is 0 Å². The third kappa shape index (κ3) is 2.97. The number of aromatic nitrogens is 2. The number of aryl methyl sites for hydroxylation is 2. The van der Waals surface area contributed by atoms with E-state index >= 15 is 0 Å². The van der Waals surface area contributed by atoms with Gasteiger partial charge < -0.3 is 5.11 Å². The zero-order valence-corrected chi connectivity index (χ0v) is 10.6. The van der Waals surface area contributed by atoms with E-state index in [2.05, 4.69) is 5.10 Å². The van der Waals surface area contributed by atoms with Crippen molar-refractivity contribution >= 4 is 5.97 Å². The van der Waals surface area contributed by atoms with E-state index in [0.717, 1.165) is 22.5 Å².